The Hall–Kier alpha value is -0.900. The summed E-state index contributed by atoms with van der Waals surface area (Å²) in [6.07, 6.45) is 6.16. The first-order valence-electron chi connectivity index (χ1n) is 6.59. The molecule has 0 saturated carbocycles. The number of nitrogens with zero attached hydrogens (tertiary/aromatic N) is 2. The number of carbonyl (C=O) groups is 1. The molecule has 4 heteroatoms. The van der Waals surface area contributed by atoms with Gasteiger partial charge in [-0.15, -0.1) is 0 Å². The van der Waals surface area contributed by atoms with Crippen LogP contribution >= 0.6 is 15.9 Å². The van der Waals surface area contributed by atoms with Crippen molar-refractivity contribution in [3.05, 3.63) is 27.5 Å². The second kappa shape index (κ2) is 5.83. The molecule has 0 N–H and O–H groups in total. The van der Waals surface area contributed by atoms with Crippen molar-refractivity contribution in [2.24, 2.45) is 0 Å². The zero-order valence-electron chi connectivity index (χ0n) is 11.0. The van der Waals surface area contributed by atoms with E-state index in [1.54, 1.807) is 0 Å². The van der Waals surface area contributed by atoms with E-state index in [4.69, 9.17) is 0 Å². The van der Waals surface area contributed by atoms with Gasteiger partial charge in [0.25, 0.3) is 0 Å². The highest BCUT2D eigenvalue weighted by Gasteiger charge is 2.17. The third kappa shape index (κ3) is 2.74. The molecular formula is C14H19BrN2O. The molecule has 1 heterocycles. The number of aryl methyl sites for hydroxylation is 2. The van der Waals surface area contributed by atoms with Crippen molar-refractivity contribution in [1.29, 1.82) is 0 Å². The molecule has 18 heavy (non-hydrogen) atoms. The number of carbonyl (C=O) groups excluding carboxylic acids is 1. The first-order chi connectivity index (χ1) is 8.65. The van der Waals surface area contributed by atoms with Crippen LogP contribution in [0, 0.1) is 0 Å². The van der Waals surface area contributed by atoms with Crippen molar-refractivity contribution in [1.82, 2.24) is 9.78 Å². The lowest BCUT2D eigenvalue weighted by Crippen LogP contribution is -2.09. The van der Waals surface area contributed by atoms with Gasteiger partial charge in [0.05, 0.1) is 15.9 Å². The van der Waals surface area contributed by atoms with Crippen molar-refractivity contribution in [2.75, 3.05) is 0 Å². The van der Waals surface area contributed by atoms with E-state index in [0.29, 0.717) is 18.6 Å². The molecule has 0 fully saturated rings. The van der Waals surface area contributed by atoms with Gasteiger partial charge in [0.1, 0.15) is 5.78 Å². The Bertz CT molecular complexity index is 488. The van der Waals surface area contributed by atoms with E-state index >= 15 is 0 Å². The molecule has 0 amide bonds. The Morgan fingerprint density at radius 3 is 2.72 bits per heavy atom. The van der Waals surface area contributed by atoms with Crippen LogP contribution in [0.5, 0.6) is 0 Å². The minimum atomic E-state index is 0.357. The van der Waals surface area contributed by atoms with Crippen LogP contribution in [-0.4, -0.2) is 15.6 Å². The fourth-order valence-electron chi connectivity index (χ4n) is 2.32. The Kier molecular flexibility index (Phi) is 4.38. The summed E-state index contributed by atoms with van der Waals surface area (Å²) in [6, 6.07) is 0. The van der Waals surface area contributed by atoms with E-state index in [0.717, 1.165) is 36.0 Å². The molecule has 0 saturated heterocycles. The first kappa shape index (κ1) is 13.5. The number of halogens is 1. The molecule has 0 aromatic carbocycles. The third-order valence-electron chi connectivity index (χ3n) is 3.43. The van der Waals surface area contributed by atoms with E-state index in [1.807, 2.05) is 0 Å². The largest absolute Gasteiger partial charge is 0.299 e. The highest BCUT2D eigenvalue weighted by atomic mass is 79.9. The number of Topliss-reactive ketones (excluding diaryl/α,β-unsaturated/α-hetero) is 1. The van der Waals surface area contributed by atoms with E-state index in [-0.39, 0.29) is 0 Å². The molecule has 1 aromatic heterocycles. The second-order valence-electron chi connectivity index (χ2n) is 4.66. The van der Waals surface area contributed by atoms with Gasteiger partial charge in [-0.3, -0.25) is 9.48 Å². The van der Waals surface area contributed by atoms with Crippen LogP contribution in [0.4, 0.5) is 0 Å². The summed E-state index contributed by atoms with van der Waals surface area (Å²) in [6.45, 7) is 5.12. The number of rotatable bonds is 4. The molecule has 1 aliphatic rings. The summed E-state index contributed by atoms with van der Waals surface area (Å²) >= 11 is 3.66. The van der Waals surface area contributed by atoms with Crippen LogP contribution < -0.4 is 0 Å². The topological polar surface area (TPSA) is 34.9 Å². The molecule has 1 aromatic rings. The lowest BCUT2D eigenvalue weighted by Gasteiger charge is -2.13. The molecule has 1 aliphatic carbocycles. The van der Waals surface area contributed by atoms with Crippen LogP contribution in [0.15, 0.2) is 16.1 Å². The monoisotopic (exact) mass is 310 g/mol. The molecule has 0 aliphatic heterocycles. The Labute approximate surface area is 116 Å². The fourth-order valence-corrected chi connectivity index (χ4v) is 3.03. The highest BCUT2D eigenvalue weighted by Crippen LogP contribution is 2.27. The minimum Gasteiger partial charge on any atom is -0.299 e. The molecule has 2 rings (SSSR count). The number of allylic oxidation sites excluding steroid dienone is 2. The number of hydrogen-bond acceptors (Lipinski definition) is 2. The maximum absolute atomic E-state index is 11.2. The van der Waals surface area contributed by atoms with Gasteiger partial charge in [0.2, 0.25) is 0 Å². The summed E-state index contributed by atoms with van der Waals surface area (Å²) < 4.78 is 3.21. The van der Waals surface area contributed by atoms with Crippen LogP contribution in [0.1, 0.15) is 44.5 Å². The van der Waals surface area contributed by atoms with Gasteiger partial charge in [0.15, 0.2) is 0 Å². The van der Waals surface area contributed by atoms with Crippen LogP contribution in [0.2, 0.25) is 0 Å². The van der Waals surface area contributed by atoms with Crippen molar-refractivity contribution in [2.45, 2.75) is 52.5 Å². The van der Waals surface area contributed by atoms with Gasteiger partial charge in [-0.2, -0.15) is 5.10 Å². The van der Waals surface area contributed by atoms with Crippen molar-refractivity contribution in [3.8, 4) is 0 Å². The summed E-state index contributed by atoms with van der Waals surface area (Å²) in [5.74, 6) is 0.357. The predicted octanol–water partition coefficient (Wildman–Crippen LogP) is 3.45. The zero-order valence-corrected chi connectivity index (χ0v) is 12.6. The fraction of sp³-hybridized carbons (Fsp3) is 0.571. The Morgan fingerprint density at radius 1 is 1.39 bits per heavy atom. The second-order valence-corrected chi connectivity index (χ2v) is 5.45. The summed E-state index contributed by atoms with van der Waals surface area (Å²) in [5, 5.41) is 4.60. The highest BCUT2D eigenvalue weighted by molar-refractivity contribution is 9.10. The molecule has 0 spiro atoms. The van der Waals surface area contributed by atoms with Crippen molar-refractivity contribution < 1.29 is 4.79 Å². The lowest BCUT2D eigenvalue weighted by atomic mass is 9.95. The maximum Gasteiger partial charge on any atom is 0.136 e. The third-order valence-corrected chi connectivity index (χ3v) is 4.35. The number of hydrogen-bond donors (Lipinski definition) is 0. The van der Waals surface area contributed by atoms with Gasteiger partial charge in [-0.25, -0.2) is 0 Å². The van der Waals surface area contributed by atoms with Crippen molar-refractivity contribution >= 4 is 21.7 Å². The van der Waals surface area contributed by atoms with E-state index < -0.39 is 0 Å². The Morgan fingerprint density at radius 2 is 2.17 bits per heavy atom. The van der Waals surface area contributed by atoms with Crippen molar-refractivity contribution in [3.63, 3.8) is 0 Å². The van der Waals surface area contributed by atoms with Crippen LogP contribution in [0.3, 0.4) is 0 Å². The van der Waals surface area contributed by atoms with E-state index in [1.165, 1.54) is 11.3 Å². The van der Waals surface area contributed by atoms with E-state index in [9.17, 15) is 4.79 Å². The summed E-state index contributed by atoms with van der Waals surface area (Å²) in [4.78, 5) is 11.2. The average molecular weight is 311 g/mol. The SMILES string of the molecule is CCc1nn(CC)c(CC2=CCC(=O)CC2)c1Br. The normalized spacial score (nSPS) is 15.9. The standard InChI is InChI=1S/C14H19BrN2O/c1-3-12-14(15)13(17(4-2)16-12)9-10-5-7-11(18)8-6-10/h5H,3-4,6-9H2,1-2H3. The van der Waals surface area contributed by atoms with Gasteiger partial charge >= 0.3 is 0 Å². The van der Waals surface area contributed by atoms with Gasteiger partial charge < -0.3 is 0 Å². The smallest absolute Gasteiger partial charge is 0.136 e. The van der Waals surface area contributed by atoms with Gasteiger partial charge in [-0.1, -0.05) is 18.6 Å². The zero-order chi connectivity index (χ0) is 13.1. The number of aromatic nitrogens is 2. The average Bonchev–Trinajstić information content (AvgIpc) is 2.69. The predicted molar refractivity (Wildman–Crippen MR) is 75.6 cm³/mol. The first-order valence-corrected chi connectivity index (χ1v) is 7.38. The van der Waals surface area contributed by atoms with Gasteiger partial charge in [0, 0.05) is 25.8 Å². The molecule has 0 unspecified atom stereocenters. The molecular weight excluding hydrogens is 292 g/mol. The summed E-state index contributed by atoms with van der Waals surface area (Å²) in [7, 11) is 0. The van der Waals surface area contributed by atoms with Crippen LogP contribution in [0.25, 0.3) is 0 Å². The van der Waals surface area contributed by atoms with Gasteiger partial charge in [-0.05, 0) is 35.7 Å². The molecule has 0 atom stereocenters. The molecule has 0 bridgehead atoms. The maximum atomic E-state index is 11.2. The molecule has 98 valence electrons. The molecule has 0 radical (unpaired) electrons. The summed E-state index contributed by atoms with van der Waals surface area (Å²) in [5.41, 5.74) is 3.74. The minimum absolute atomic E-state index is 0.357. The number of ketones is 1. The Balaban J connectivity index is 2.23. The van der Waals surface area contributed by atoms with Crippen LogP contribution in [-0.2, 0) is 24.2 Å². The van der Waals surface area contributed by atoms with E-state index in [2.05, 4.69) is 45.6 Å². The molecule has 3 nitrogen and oxygen atoms in total. The lowest BCUT2D eigenvalue weighted by molar-refractivity contribution is -0.118. The quantitative estimate of drug-likeness (QED) is 0.798.